The van der Waals surface area contributed by atoms with Gasteiger partial charge in [-0.15, -0.1) is 0 Å². The van der Waals surface area contributed by atoms with Crippen LogP contribution in [-0.2, 0) is 16.0 Å². The van der Waals surface area contributed by atoms with Crippen molar-refractivity contribution >= 4 is 23.2 Å². The van der Waals surface area contributed by atoms with E-state index in [1.165, 1.54) is 24.2 Å². The van der Waals surface area contributed by atoms with Gasteiger partial charge in [-0.05, 0) is 24.6 Å². The zero-order valence-electron chi connectivity index (χ0n) is 16.8. The van der Waals surface area contributed by atoms with Gasteiger partial charge in [0.05, 0.1) is 17.9 Å². The van der Waals surface area contributed by atoms with Gasteiger partial charge in [0.2, 0.25) is 0 Å². The predicted molar refractivity (Wildman–Crippen MR) is 112 cm³/mol. The van der Waals surface area contributed by atoms with Crippen molar-refractivity contribution in [1.29, 1.82) is 0 Å². The molecule has 1 fully saturated rings. The topological polar surface area (TPSA) is 116 Å². The molecular weight excluding hydrogens is 396 g/mol. The molecule has 4 rings (SSSR count). The number of imidazole rings is 1. The molecule has 0 saturated carbocycles. The highest BCUT2D eigenvalue weighted by atomic mass is 16.3. The van der Waals surface area contributed by atoms with Gasteiger partial charge in [0.25, 0.3) is 11.7 Å². The Bertz CT molecular complexity index is 1150. The van der Waals surface area contributed by atoms with E-state index in [1.54, 1.807) is 48.9 Å². The monoisotopic (exact) mass is 416 g/mol. The molecule has 1 unspecified atom stereocenters. The lowest BCUT2D eigenvalue weighted by molar-refractivity contribution is -0.139. The number of hydrogen-bond donors (Lipinski definition) is 2. The second-order valence-corrected chi connectivity index (χ2v) is 7.23. The number of amides is 1. The van der Waals surface area contributed by atoms with Crippen molar-refractivity contribution in [3.8, 4) is 0 Å². The van der Waals surface area contributed by atoms with Crippen molar-refractivity contribution in [1.82, 2.24) is 19.9 Å². The van der Waals surface area contributed by atoms with Crippen LogP contribution >= 0.6 is 0 Å². The Morgan fingerprint density at radius 1 is 1.06 bits per heavy atom. The molecule has 8 nitrogen and oxygen atoms in total. The fourth-order valence-electron chi connectivity index (χ4n) is 3.68. The quantitative estimate of drug-likeness (QED) is 0.276. The van der Waals surface area contributed by atoms with Crippen LogP contribution in [0.5, 0.6) is 0 Å². The highest BCUT2D eigenvalue weighted by Gasteiger charge is 2.45. The molecule has 3 heterocycles. The molecule has 0 spiro atoms. The Hall–Kier alpha value is -4.07. The number of nitrogens with zero attached hydrogens (tertiary/aromatic N) is 3. The molecular formula is C23H20N4O4. The molecule has 0 radical (unpaired) electrons. The average Bonchev–Trinajstić information content (AvgIpc) is 3.39. The molecule has 1 aliphatic heterocycles. The van der Waals surface area contributed by atoms with Gasteiger partial charge in [0, 0.05) is 48.4 Å². The molecule has 156 valence electrons. The fraction of sp³-hybridized carbons (Fsp3) is 0.174. The van der Waals surface area contributed by atoms with E-state index in [0.29, 0.717) is 23.1 Å². The Balaban J connectivity index is 1.79. The normalized spacial score (nSPS) is 17.8. The van der Waals surface area contributed by atoms with Crippen LogP contribution in [-0.4, -0.2) is 49.0 Å². The molecule has 2 aromatic heterocycles. The molecule has 1 aromatic carbocycles. The van der Waals surface area contributed by atoms with Gasteiger partial charge in [-0.2, -0.15) is 0 Å². The Morgan fingerprint density at radius 2 is 1.77 bits per heavy atom. The minimum Gasteiger partial charge on any atom is -0.507 e. The number of benzene rings is 1. The van der Waals surface area contributed by atoms with Crippen molar-refractivity contribution in [2.45, 2.75) is 19.4 Å². The summed E-state index contributed by atoms with van der Waals surface area (Å²) in [6.07, 6.45) is 6.67. The number of carbonyl (C=O) groups excluding carboxylic acids is 3. The van der Waals surface area contributed by atoms with Crippen LogP contribution in [0.25, 0.3) is 5.76 Å². The zero-order valence-corrected chi connectivity index (χ0v) is 16.8. The SMILES string of the molecule is CC(=O)c1ccc(C2C(=C(O)c3ccncc3)C(=O)C(=O)N2CCc2cnc[nH]2)cc1. The second kappa shape index (κ2) is 8.35. The number of rotatable bonds is 6. The highest BCUT2D eigenvalue weighted by molar-refractivity contribution is 6.46. The Kier molecular flexibility index (Phi) is 5.44. The van der Waals surface area contributed by atoms with Crippen molar-refractivity contribution in [2.24, 2.45) is 0 Å². The number of H-pyrrole nitrogens is 1. The number of pyridine rings is 1. The summed E-state index contributed by atoms with van der Waals surface area (Å²) in [5, 5.41) is 10.9. The maximum absolute atomic E-state index is 13.0. The molecule has 31 heavy (non-hydrogen) atoms. The van der Waals surface area contributed by atoms with E-state index in [1.807, 2.05) is 0 Å². The number of likely N-dealkylation sites (tertiary alicyclic amines) is 1. The van der Waals surface area contributed by atoms with Gasteiger partial charge in [-0.3, -0.25) is 19.4 Å². The number of nitrogens with one attached hydrogen (secondary N) is 1. The number of aliphatic hydroxyl groups is 1. The third-order valence-corrected chi connectivity index (χ3v) is 5.30. The van der Waals surface area contributed by atoms with E-state index >= 15 is 0 Å². The predicted octanol–water partition coefficient (Wildman–Crippen LogP) is 2.67. The van der Waals surface area contributed by atoms with Crippen LogP contribution in [0.3, 0.4) is 0 Å². The van der Waals surface area contributed by atoms with Crippen LogP contribution in [0.2, 0.25) is 0 Å². The maximum Gasteiger partial charge on any atom is 0.295 e. The van der Waals surface area contributed by atoms with Crippen molar-refractivity contribution in [3.63, 3.8) is 0 Å². The number of ketones is 2. The van der Waals surface area contributed by atoms with Crippen LogP contribution < -0.4 is 0 Å². The number of hydrogen-bond acceptors (Lipinski definition) is 6. The summed E-state index contributed by atoms with van der Waals surface area (Å²) in [5.74, 6) is -1.78. The van der Waals surface area contributed by atoms with E-state index in [9.17, 15) is 19.5 Å². The number of aliphatic hydroxyl groups excluding tert-OH is 1. The second-order valence-electron chi connectivity index (χ2n) is 7.23. The molecule has 1 amide bonds. The lowest BCUT2D eigenvalue weighted by Gasteiger charge is -2.25. The van der Waals surface area contributed by atoms with Crippen LogP contribution in [0.4, 0.5) is 0 Å². The highest BCUT2D eigenvalue weighted by Crippen LogP contribution is 2.39. The summed E-state index contributed by atoms with van der Waals surface area (Å²) in [6.45, 7) is 1.72. The summed E-state index contributed by atoms with van der Waals surface area (Å²) >= 11 is 0. The van der Waals surface area contributed by atoms with Crippen molar-refractivity contribution < 1.29 is 19.5 Å². The lowest BCUT2D eigenvalue weighted by Crippen LogP contribution is -2.31. The van der Waals surface area contributed by atoms with Gasteiger partial charge in [0.15, 0.2) is 5.78 Å². The standard InChI is InChI=1S/C23H20N4O4/c1-14(28)15-2-4-16(5-3-15)20-19(21(29)17-6-9-24-10-7-17)22(30)23(31)27(20)11-8-18-12-25-13-26-18/h2-7,9-10,12-13,20,29H,8,11H2,1H3,(H,25,26). The van der Waals surface area contributed by atoms with Crippen LogP contribution in [0, 0.1) is 0 Å². The summed E-state index contributed by atoms with van der Waals surface area (Å²) < 4.78 is 0. The van der Waals surface area contributed by atoms with Crippen LogP contribution in [0.15, 0.2) is 66.9 Å². The maximum atomic E-state index is 13.0. The first-order valence-corrected chi connectivity index (χ1v) is 9.74. The molecule has 1 saturated heterocycles. The Labute approximate surface area is 178 Å². The van der Waals surface area contributed by atoms with E-state index in [4.69, 9.17) is 0 Å². The van der Waals surface area contributed by atoms with Gasteiger partial charge >= 0.3 is 0 Å². The number of carbonyl (C=O) groups is 3. The van der Waals surface area contributed by atoms with Crippen molar-refractivity contribution in [2.75, 3.05) is 6.54 Å². The van der Waals surface area contributed by atoms with E-state index in [0.717, 1.165) is 5.69 Å². The minimum absolute atomic E-state index is 0.0105. The van der Waals surface area contributed by atoms with Gasteiger partial charge in [-0.1, -0.05) is 24.3 Å². The van der Waals surface area contributed by atoms with Crippen LogP contribution in [0.1, 0.15) is 40.1 Å². The molecule has 1 atom stereocenters. The summed E-state index contributed by atoms with van der Waals surface area (Å²) in [4.78, 5) is 49.8. The number of aromatic nitrogens is 3. The molecule has 3 aromatic rings. The molecule has 8 heteroatoms. The first kappa shape index (κ1) is 20.2. The molecule has 1 aliphatic rings. The van der Waals surface area contributed by atoms with Crippen molar-refractivity contribution in [3.05, 3.63) is 89.3 Å². The zero-order chi connectivity index (χ0) is 22.0. The molecule has 0 bridgehead atoms. The molecule has 0 aliphatic carbocycles. The van der Waals surface area contributed by atoms with Gasteiger partial charge < -0.3 is 15.0 Å². The molecule has 2 N–H and O–H groups in total. The van der Waals surface area contributed by atoms with E-state index < -0.39 is 17.7 Å². The smallest absolute Gasteiger partial charge is 0.295 e. The third kappa shape index (κ3) is 3.87. The average molecular weight is 416 g/mol. The van der Waals surface area contributed by atoms with Gasteiger partial charge in [0.1, 0.15) is 5.76 Å². The third-order valence-electron chi connectivity index (χ3n) is 5.30. The summed E-state index contributed by atoms with van der Waals surface area (Å²) in [5.41, 5.74) is 2.38. The summed E-state index contributed by atoms with van der Waals surface area (Å²) in [6, 6.07) is 9.08. The number of aromatic amines is 1. The first-order chi connectivity index (χ1) is 15.0. The number of Topliss-reactive ketones (excluding diaryl/α,β-unsaturated/α-hetero) is 2. The summed E-state index contributed by atoms with van der Waals surface area (Å²) in [7, 11) is 0. The fourth-order valence-corrected chi connectivity index (χ4v) is 3.68. The minimum atomic E-state index is -0.780. The van der Waals surface area contributed by atoms with E-state index in [2.05, 4.69) is 15.0 Å². The first-order valence-electron chi connectivity index (χ1n) is 9.74. The van der Waals surface area contributed by atoms with Gasteiger partial charge in [-0.25, -0.2) is 4.98 Å². The largest absolute Gasteiger partial charge is 0.507 e. The lowest BCUT2D eigenvalue weighted by atomic mass is 9.94. The van der Waals surface area contributed by atoms with E-state index in [-0.39, 0.29) is 23.7 Å². The Morgan fingerprint density at radius 3 is 2.39 bits per heavy atom.